The molecule has 38 heavy (non-hydrogen) atoms. The van der Waals surface area contributed by atoms with Gasteiger partial charge in [0.05, 0.1) is 5.69 Å². The maximum absolute atomic E-state index is 13.9. The highest BCUT2D eigenvalue weighted by atomic mass is 32.1. The Morgan fingerprint density at radius 3 is 2.08 bits per heavy atom. The Balaban J connectivity index is 1.75. The highest BCUT2D eigenvalue weighted by Crippen LogP contribution is 2.30. The summed E-state index contributed by atoms with van der Waals surface area (Å²) in [5, 5.41) is 2.78. The molecule has 3 amide bonds. The number of nitrogen functional groups attached to an aromatic ring is 1. The molecule has 0 radical (unpaired) electrons. The first-order valence-electron chi connectivity index (χ1n) is 11.4. The van der Waals surface area contributed by atoms with Gasteiger partial charge in [0, 0.05) is 13.1 Å². The molecule has 8 nitrogen and oxygen atoms in total. The first-order chi connectivity index (χ1) is 18.2. The molecule has 194 valence electrons. The van der Waals surface area contributed by atoms with E-state index in [9.17, 15) is 23.2 Å². The normalized spacial score (nSPS) is 11.5. The predicted molar refractivity (Wildman–Crippen MR) is 139 cm³/mol. The second-order valence-electron chi connectivity index (χ2n) is 8.36. The Kier molecular flexibility index (Phi) is 8.07. The maximum atomic E-state index is 13.9. The number of nitrogens with one attached hydrogen (secondary N) is 1. The standard InChI is InChI=1S/C27H23F2N5O3S/c28-19-10-6-16(7-11-19)14-32-26(36)23(18-8-12-20(29)13-9-18)34(15-17-4-2-1-3-5-17)27(37)24-21(30)22(25(31)35)33-38-24/h1-13,23H,14-15,30H2,(H2,31,35)(H,32,36)/t23-/m0/s1. The molecule has 0 spiro atoms. The van der Waals surface area contributed by atoms with Crippen LogP contribution in [0.5, 0.6) is 0 Å². The number of anilines is 1. The number of carbonyl (C=O) groups excluding carboxylic acids is 3. The van der Waals surface area contributed by atoms with Crippen molar-refractivity contribution in [3.8, 4) is 0 Å². The molecule has 11 heteroatoms. The first kappa shape index (κ1) is 26.4. The minimum Gasteiger partial charge on any atom is -0.395 e. The summed E-state index contributed by atoms with van der Waals surface area (Å²) in [5.41, 5.74) is 12.6. The van der Waals surface area contributed by atoms with Crippen molar-refractivity contribution in [3.63, 3.8) is 0 Å². The number of benzene rings is 3. The second kappa shape index (κ2) is 11.6. The Hall–Kier alpha value is -4.64. The largest absolute Gasteiger partial charge is 0.395 e. The van der Waals surface area contributed by atoms with Gasteiger partial charge in [0.2, 0.25) is 5.91 Å². The minimum atomic E-state index is -1.22. The number of nitrogens with two attached hydrogens (primary N) is 2. The molecule has 0 saturated carbocycles. The summed E-state index contributed by atoms with van der Waals surface area (Å²) in [5.74, 6) is -3.05. The van der Waals surface area contributed by atoms with Crippen LogP contribution in [0.15, 0.2) is 78.9 Å². The van der Waals surface area contributed by atoms with Crippen molar-refractivity contribution in [2.45, 2.75) is 19.1 Å². The molecule has 0 fully saturated rings. The summed E-state index contributed by atoms with van der Waals surface area (Å²) >= 11 is 0.696. The van der Waals surface area contributed by atoms with Crippen molar-refractivity contribution in [1.82, 2.24) is 14.6 Å². The number of aromatic nitrogens is 1. The third kappa shape index (κ3) is 6.01. The molecule has 3 aromatic carbocycles. The fraction of sp³-hybridized carbons (Fsp3) is 0.111. The van der Waals surface area contributed by atoms with Crippen LogP contribution in [0.3, 0.4) is 0 Å². The third-order valence-corrected chi connectivity index (χ3v) is 6.59. The summed E-state index contributed by atoms with van der Waals surface area (Å²) in [6.07, 6.45) is 0. The van der Waals surface area contributed by atoms with E-state index in [1.165, 1.54) is 53.4 Å². The number of hydrogen-bond donors (Lipinski definition) is 3. The quantitative estimate of drug-likeness (QED) is 0.300. The smallest absolute Gasteiger partial charge is 0.270 e. The number of primary amides is 1. The molecule has 0 aliphatic carbocycles. The van der Waals surface area contributed by atoms with E-state index in [0.29, 0.717) is 28.2 Å². The number of carbonyl (C=O) groups is 3. The van der Waals surface area contributed by atoms with Crippen molar-refractivity contribution in [3.05, 3.63) is 118 Å². The van der Waals surface area contributed by atoms with Gasteiger partial charge in [-0.1, -0.05) is 54.6 Å². The minimum absolute atomic E-state index is 0.0189. The molecule has 4 rings (SSSR count). The lowest BCUT2D eigenvalue weighted by molar-refractivity contribution is -0.126. The third-order valence-electron chi connectivity index (χ3n) is 5.74. The van der Waals surface area contributed by atoms with Crippen LogP contribution in [0.4, 0.5) is 14.5 Å². The van der Waals surface area contributed by atoms with Gasteiger partial charge in [-0.2, -0.15) is 4.37 Å². The number of nitrogens with zero attached hydrogens (tertiary/aromatic N) is 2. The highest BCUT2D eigenvalue weighted by Gasteiger charge is 2.35. The van der Waals surface area contributed by atoms with Crippen LogP contribution < -0.4 is 16.8 Å². The maximum Gasteiger partial charge on any atom is 0.270 e. The molecule has 0 bridgehead atoms. The van der Waals surface area contributed by atoms with E-state index < -0.39 is 35.4 Å². The Morgan fingerprint density at radius 2 is 1.50 bits per heavy atom. The molecule has 0 saturated heterocycles. The van der Waals surface area contributed by atoms with E-state index in [0.717, 1.165) is 0 Å². The van der Waals surface area contributed by atoms with Crippen molar-refractivity contribution >= 4 is 34.9 Å². The number of halogens is 2. The van der Waals surface area contributed by atoms with Gasteiger partial charge in [-0.05, 0) is 52.5 Å². The molecule has 0 aliphatic rings. The Bertz CT molecular complexity index is 1440. The average Bonchev–Trinajstić information content (AvgIpc) is 3.30. The van der Waals surface area contributed by atoms with Gasteiger partial charge < -0.3 is 21.7 Å². The molecule has 5 N–H and O–H groups in total. The lowest BCUT2D eigenvalue weighted by Gasteiger charge is -2.31. The van der Waals surface area contributed by atoms with Crippen LogP contribution in [0, 0.1) is 11.6 Å². The zero-order valence-corrected chi connectivity index (χ0v) is 20.8. The fourth-order valence-electron chi connectivity index (χ4n) is 3.83. The molecule has 0 aliphatic heterocycles. The van der Waals surface area contributed by atoms with Crippen LogP contribution in [-0.2, 0) is 17.9 Å². The van der Waals surface area contributed by atoms with E-state index in [1.807, 2.05) is 6.07 Å². The van der Waals surface area contributed by atoms with Crippen LogP contribution in [0.25, 0.3) is 0 Å². The first-order valence-corrected chi connectivity index (χ1v) is 12.2. The Labute approximate surface area is 221 Å². The van der Waals surface area contributed by atoms with Crippen molar-refractivity contribution < 1.29 is 23.2 Å². The summed E-state index contributed by atoms with van der Waals surface area (Å²) < 4.78 is 31.0. The lowest BCUT2D eigenvalue weighted by atomic mass is 10.0. The fourth-order valence-corrected chi connectivity index (χ4v) is 4.59. The molecule has 1 atom stereocenters. The van der Waals surface area contributed by atoms with E-state index in [1.54, 1.807) is 24.3 Å². The second-order valence-corrected chi connectivity index (χ2v) is 9.13. The summed E-state index contributed by atoms with van der Waals surface area (Å²) in [6.45, 7) is 0.0353. The number of hydrogen-bond acceptors (Lipinski definition) is 6. The zero-order valence-electron chi connectivity index (χ0n) is 19.9. The summed E-state index contributed by atoms with van der Waals surface area (Å²) in [4.78, 5) is 40.4. The monoisotopic (exact) mass is 535 g/mol. The van der Waals surface area contributed by atoms with E-state index in [4.69, 9.17) is 11.5 Å². The van der Waals surface area contributed by atoms with E-state index >= 15 is 0 Å². The van der Waals surface area contributed by atoms with E-state index in [-0.39, 0.29) is 29.3 Å². The summed E-state index contributed by atoms with van der Waals surface area (Å²) in [7, 11) is 0. The van der Waals surface area contributed by atoms with Gasteiger partial charge in [-0.15, -0.1) is 0 Å². The summed E-state index contributed by atoms with van der Waals surface area (Å²) in [6, 6.07) is 18.5. The SMILES string of the molecule is NC(=O)c1nsc(C(=O)N(Cc2ccccc2)[C@H](C(=O)NCc2ccc(F)cc2)c2ccc(F)cc2)c1N. The van der Waals surface area contributed by atoms with Crippen LogP contribution in [-0.4, -0.2) is 27.0 Å². The Morgan fingerprint density at radius 1 is 0.895 bits per heavy atom. The molecular formula is C27H23F2N5O3S. The number of rotatable bonds is 9. The van der Waals surface area contributed by atoms with Gasteiger partial charge in [0.25, 0.3) is 11.8 Å². The molecular weight excluding hydrogens is 512 g/mol. The lowest BCUT2D eigenvalue weighted by Crippen LogP contribution is -2.43. The van der Waals surface area contributed by atoms with Crippen molar-refractivity contribution in [2.75, 3.05) is 5.73 Å². The van der Waals surface area contributed by atoms with Gasteiger partial charge in [-0.25, -0.2) is 8.78 Å². The average molecular weight is 536 g/mol. The van der Waals surface area contributed by atoms with Crippen LogP contribution in [0.1, 0.15) is 42.9 Å². The molecule has 4 aromatic rings. The predicted octanol–water partition coefficient (Wildman–Crippen LogP) is 3.80. The molecule has 1 aromatic heterocycles. The van der Waals surface area contributed by atoms with Gasteiger partial charge >= 0.3 is 0 Å². The van der Waals surface area contributed by atoms with Crippen LogP contribution >= 0.6 is 11.5 Å². The van der Waals surface area contributed by atoms with E-state index in [2.05, 4.69) is 9.69 Å². The zero-order chi connectivity index (χ0) is 27.2. The van der Waals surface area contributed by atoms with Gasteiger partial charge in [0.15, 0.2) is 5.69 Å². The molecule has 0 unspecified atom stereocenters. The van der Waals surface area contributed by atoms with Crippen LogP contribution in [0.2, 0.25) is 0 Å². The van der Waals surface area contributed by atoms with Crippen molar-refractivity contribution in [1.29, 1.82) is 0 Å². The highest BCUT2D eigenvalue weighted by molar-refractivity contribution is 7.09. The van der Waals surface area contributed by atoms with Gasteiger partial charge in [0.1, 0.15) is 22.6 Å². The molecule has 1 heterocycles. The van der Waals surface area contributed by atoms with Gasteiger partial charge in [-0.3, -0.25) is 14.4 Å². The van der Waals surface area contributed by atoms with Crippen molar-refractivity contribution in [2.24, 2.45) is 5.73 Å². The number of amides is 3. The topological polar surface area (TPSA) is 131 Å².